The van der Waals surface area contributed by atoms with Gasteiger partial charge in [-0.15, -0.1) is 0 Å². The second-order valence-electron chi connectivity index (χ2n) is 9.16. The van der Waals surface area contributed by atoms with Crippen LogP contribution in [-0.2, 0) is 11.2 Å². The van der Waals surface area contributed by atoms with Crippen LogP contribution in [0.15, 0.2) is 42.5 Å². The maximum Gasteiger partial charge on any atom is 0.255 e. The lowest BCUT2D eigenvalue weighted by Crippen LogP contribution is -2.58. The first-order valence-electron chi connectivity index (χ1n) is 11.7. The summed E-state index contributed by atoms with van der Waals surface area (Å²) in [7, 11) is 1.60. The summed E-state index contributed by atoms with van der Waals surface area (Å²) in [5, 5.41) is 6.73. The van der Waals surface area contributed by atoms with Crippen LogP contribution in [0.5, 0.6) is 5.75 Å². The monoisotopic (exact) mass is 433 g/mol. The Kier molecular flexibility index (Phi) is 5.64. The molecule has 0 unspecified atom stereocenters. The van der Waals surface area contributed by atoms with E-state index >= 15 is 0 Å². The van der Waals surface area contributed by atoms with Crippen LogP contribution in [-0.4, -0.2) is 43.0 Å². The number of benzene rings is 2. The maximum absolute atomic E-state index is 13.6. The maximum atomic E-state index is 13.6. The fraction of sp³-hybridized carbons (Fsp3) is 0.462. The number of fused-ring (bicyclic) bond motifs is 4. The summed E-state index contributed by atoms with van der Waals surface area (Å²) < 4.78 is 5.65. The smallest absolute Gasteiger partial charge is 0.255 e. The molecule has 0 aliphatic carbocycles. The zero-order valence-electron chi connectivity index (χ0n) is 18.8. The van der Waals surface area contributed by atoms with E-state index < -0.39 is 0 Å². The number of nitrogens with zero attached hydrogens (tertiary/aromatic N) is 1. The number of carbonyl (C=O) groups is 2. The normalized spacial score (nSPS) is 25.2. The molecule has 3 aliphatic rings. The molecule has 32 heavy (non-hydrogen) atoms. The minimum Gasteiger partial charge on any atom is -0.496 e. The number of hydrogen-bond acceptors (Lipinski definition) is 4. The van der Waals surface area contributed by atoms with Gasteiger partial charge in [-0.3, -0.25) is 9.59 Å². The molecule has 4 atom stereocenters. The van der Waals surface area contributed by atoms with Crippen molar-refractivity contribution >= 4 is 11.8 Å². The van der Waals surface area contributed by atoms with Crippen molar-refractivity contribution in [3.63, 3.8) is 0 Å². The van der Waals surface area contributed by atoms with Gasteiger partial charge >= 0.3 is 0 Å². The molecule has 6 heteroatoms. The summed E-state index contributed by atoms with van der Waals surface area (Å²) in [6.45, 7) is 3.66. The first-order valence-corrected chi connectivity index (χ1v) is 11.7. The number of amides is 2. The predicted octanol–water partition coefficient (Wildman–Crippen LogP) is 3.38. The number of rotatable bonds is 4. The quantitative estimate of drug-likeness (QED) is 0.776. The minimum absolute atomic E-state index is 0.0579. The number of nitrogens with one attached hydrogen (secondary N) is 2. The fourth-order valence-electron chi connectivity index (χ4n) is 5.75. The Morgan fingerprint density at radius 1 is 1.22 bits per heavy atom. The number of carbonyl (C=O) groups excluding carboxylic acids is 2. The lowest BCUT2D eigenvalue weighted by molar-refractivity contribution is -0.145. The molecule has 3 aliphatic heterocycles. The van der Waals surface area contributed by atoms with Crippen molar-refractivity contribution in [2.75, 3.05) is 20.2 Å². The van der Waals surface area contributed by atoms with Gasteiger partial charge in [-0.25, -0.2) is 0 Å². The van der Waals surface area contributed by atoms with Crippen LogP contribution in [0.1, 0.15) is 65.3 Å². The van der Waals surface area contributed by atoms with Crippen LogP contribution in [0.2, 0.25) is 0 Å². The Morgan fingerprint density at radius 2 is 2.03 bits per heavy atom. The number of hydrogen-bond donors (Lipinski definition) is 2. The van der Waals surface area contributed by atoms with Crippen molar-refractivity contribution in [1.29, 1.82) is 0 Å². The van der Waals surface area contributed by atoms with Crippen LogP contribution in [0.25, 0.3) is 0 Å². The van der Waals surface area contributed by atoms with Crippen molar-refractivity contribution in [2.45, 2.75) is 50.7 Å². The summed E-state index contributed by atoms with van der Waals surface area (Å²) >= 11 is 0. The van der Waals surface area contributed by atoms with E-state index in [1.807, 2.05) is 48.2 Å². The van der Waals surface area contributed by atoms with E-state index in [0.29, 0.717) is 17.9 Å². The van der Waals surface area contributed by atoms with Crippen molar-refractivity contribution in [3.8, 4) is 5.75 Å². The predicted molar refractivity (Wildman–Crippen MR) is 123 cm³/mol. The van der Waals surface area contributed by atoms with Gasteiger partial charge in [-0.1, -0.05) is 36.4 Å². The molecule has 2 aromatic carbocycles. The molecule has 2 amide bonds. The highest BCUT2D eigenvalue weighted by Crippen LogP contribution is 2.44. The molecule has 2 N–H and O–H groups in total. The average molecular weight is 434 g/mol. The lowest BCUT2D eigenvalue weighted by Gasteiger charge is -2.49. The van der Waals surface area contributed by atoms with E-state index in [2.05, 4.69) is 16.7 Å². The third-order valence-electron chi connectivity index (χ3n) is 7.38. The fourth-order valence-corrected chi connectivity index (χ4v) is 5.75. The first-order chi connectivity index (χ1) is 15.6. The van der Waals surface area contributed by atoms with Crippen molar-refractivity contribution in [2.24, 2.45) is 5.92 Å². The molecule has 0 bridgehead atoms. The Labute approximate surface area is 189 Å². The van der Waals surface area contributed by atoms with E-state index in [1.54, 1.807) is 7.11 Å². The van der Waals surface area contributed by atoms with E-state index in [9.17, 15) is 9.59 Å². The van der Waals surface area contributed by atoms with E-state index in [0.717, 1.165) is 48.9 Å². The Morgan fingerprint density at radius 3 is 2.81 bits per heavy atom. The summed E-state index contributed by atoms with van der Waals surface area (Å²) in [5.74, 6) is 0.705. The zero-order chi connectivity index (χ0) is 22.2. The zero-order valence-corrected chi connectivity index (χ0v) is 18.8. The number of ether oxygens (including phenoxy) is 1. The van der Waals surface area contributed by atoms with Gasteiger partial charge < -0.3 is 20.3 Å². The van der Waals surface area contributed by atoms with Gasteiger partial charge in [0, 0.05) is 12.6 Å². The number of piperidine rings is 2. The largest absolute Gasteiger partial charge is 0.496 e. The number of methoxy groups -OCH3 is 1. The Bertz CT molecular complexity index is 1020. The average Bonchev–Trinajstić information content (AvgIpc) is 2.83. The van der Waals surface area contributed by atoms with E-state index in [-0.39, 0.29) is 35.9 Å². The molecule has 3 heterocycles. The molecular weight excluding hydrogens is 402 g/mol. The van der Waals surface area contributed by atoms with Gasteiger partial charge in [-0.05, 0) is 61.9 Å². The molecule has 168 valence electrons. The summed E-state index contributed by atoms with van der Waals surface area (Å²) in [5.41, 5.74) is 3.73. The molecule has 5 rings (SSSR count). The van der Waals surface area contributed by atoms with Gasteiger partial charge in [0.05, 0.1) is 30.7 Å². The topological polar surface area (TPSA) is 70.7 Å². The highest BCUT2D eigenvalue weighted by molar-refractivity contribution is 5.99. The van der Waals surface area contributed by atoms with Gasteiger partial charge in [0.1, 0.15) is 5.75 Å². The summed E-state index contributed by atoms with van der Waals surface area (Å²) in [4.78, 5) is 29.0. The van der Waals surface area contributed by atoms with E-state index in [1.165, 1.54) is 0 Å². The van der Waals surface area contributed by atoms with Crippen LogP contribution in [0.3, 0.4) is 0 Å². The third-order valence-corrected chi connectivity index (χ3v) is 7.38. The molecule has 2 saturated heterocycles. The second kappa shape index (κ2) is 8.58. The SMILES string of the molecule is COc1ccc2c(c1C(=O)N[C@H](C)c1ccccc1)[C@@H]1C[C@H]3NCCC[C@H]3C(=O)N1CC2. The standard InChI is InChI=1S/C26H31N3O3/c1-16(17-7-4-3-5-8-17)28-25(30)24-22(32-2)11-10-18-12-14-29-21(23(18)24)15-20-19(26(29)31)9-6-13-27-20/h3-5,7-8,10-11,16,19-21,27H,6,9,12-15H2,1-2H3,(H,28,30)/t16-,19-,20-,21+/m1/s1. The van der Waals surface area contributed by atoms with Crippen LogP contribution in [0.4, 0.5) is 0 Å². The first kappa shape index (κ1) is 21.0. The van der Waals surface area contributed by atoms with Crippen molar-refractivity contribution in [3.05, 3.63) is 64.7 Å². The van der Waals surface area contributed by atoms with Crippen LogP contribution < -0.4 is 15.4 Å². The molecular formula is C26H31N3O3. The van der Waals surface area contributed by atoms with Gasteiger partial charge in [0.25, 0.3) is 5.91 Å². The van der Waals surface area contributed by atoms with Crippen LogP contribution in [0, 0.1) is 5.92 Å². The molecule has 0 aromatic heterocycles. The second-order valence-corrected chi connectivity index (χ2v) is 9.16. The molecule has 0 spiro atoms. The molecule has 2 aromatic rings. The van der Waals surface area contributed by atoms with Crippen molar-refractivity contribution < 1.29 is 14.3 Å². The molecule has 2 fully saturated rings. The Balaban J connectivity index is 1.52. The Hall–Kier alpha value is -2.86. The third kappa shape index (κ3) is 3.56. The van der Waals surface area contributed by atoms with E-state index in [4.69, 9.17) is 4.74 Å². The van der Waals surface area contributed by atoms with Gasteiger partial charge in [-0.2, -0.15) is 0 Å². The highest BCUT2D eigenvalue weighted by atomic mass is 16.5. The summed E-state index contributed by atoms with van der Waals surface area (Å²) in [6.07, 6.45) is 3.60. The molecule has 0 saturated carbocycles. The lowest BCUT2D eigenvalue weighted by atomic mass is 9.75. The highest BCUT2D eigenvalue weighted by Gasteiger charge is 2.46. The minimum atomic E-state index is -0.150. The molecule has 6 nitrogen and oxygen atoms in total. The van der Waals surface area contributed by atoms with Crippen molar-refractivity contribution in [1.82, 2.24) is 15.5 Å². The van der Waals surface area contributed by atoms with Crippen LogP contribution >= 0.6 is 0 Å². The van der Waals surface area contributed by atoms with Gasteiger partial charge in [0.2, 0.25) is 5.91 Å². The molecule has 0 radical (unpaired) electrons. The van der Waals surface area contributed by atoms with Gasteiger partial charge in [0.15, 0.2) is 0 Å². The summed E-state index contributed by atoms with van der Waals surface area (Å²) in [6, 6.07) is 13.8.